The average molecular weight is 418 g/mol. The molecule has 1 aliphatic heterocycles. The molecule has 3 N–H and O–H groups in total. The van der Waals surface area contributed by atoms with Crippen molar-refractivity contribution >= 4 is 28.7 Å². The van der Waals surface area contributed by atoms with Gasteiger partial charge in [0.2, 0.25) is 0 Å². The molecule has 1 heterocycles. The largest absolute Gasteiger partial charge is 0.325 e. The van der Waals surface area contributed by atoms with Crippen LogP contribution in [0.2, 0.25) is 0 Å². The summed E-state index contributed by atoms with van der Waals surface area (Å²) < 4.78 is 13.3. The second-order valence-electron chi connectivity index (χ2n) is 7.95. The molecule has 0 radical (unpaired) electrons. The van der Waals surface area contributed by atoms with E-state index in [1.165, 1.54) is 17.7 Å². The molecule has 3 fully saturated rings. The van der Waals surface area contributed by atoms with Gasteiger partial charge in [0.05, 0.1) is 0 Å². The lowest BCUT2D eigenvalue weighted by molar-refractivity contribution is -0.0589. The van der Waals surface area contributed by atoms with E-state index in [0.29, 0.717) is 13.1 Å². The predicted molar refractivity (Wildman–Crippen MR) is 104 cm³/mol. The maximum Gasteiger partial charge on any atom is 0.322 e. The van der Waals surface area contributed by atoms with Gasteiger partial charge in [-0.2, -0.15) is 0 Å². The molecule has 2 aromatic rings. The number of benzene rings is 2. The van der Waals surface area contributed by atoms with Crippen LogP contribution in [0, 0.1) is 5.82 Å². The molecule has 0 saturated heterocycles. The van der Waals surface area contributed by atoms with Gasteiger partial charge in [0.1, 0.15) is 5.82 Å². The number of carbonyl (C=O) groups is 1. The van der Waals surface area contributed by atoms with Crippen LogP contribution in [0.5, 0.6) is 0 Å². The van der Waals surface area contributed by atoms with Crippen LogP contribution in [0.25, 0.3) is 0 Å². The number of rotatable bonds is 2. The fourth-order valence-corrected chi connectivity index (χ4v) is 4.79. The minimum atomic E-state index is -0.260. The molecule has 26 heavy (non-hydrogen) atoms. The molecular formula is C20H21BrFN3O. The molecule has 136 valence electrons. The van der Waals surface area contributed by atoms with Crippen molar-refractivity contribution in [1.82, 2.24) is 4.90 Å². The van der Waals surface area contributed by atoms with Crippen LogP contribution >= 0.6 is 17.0 Å². The summed E-state index contributed by atoms with van der Waals surface area (Å²) in [7, 11) is 0. The minimum Gasteiger partial charge on any atom is -0.325 e. The van der Waals surface area contributed by atoms with Crippen LogP contribution < -0.4 is 11.1 Å². The minimum absolute atomic E-state index is 0. The summed E-state index contributed by atoms with van der Waals surface area (Å²) in [4.78, 5) is 14.2. The number of nitrogens with zero attached hydrogens (tertiary/aromatic N) is 1. The standard InChI is InChI=1S/C20H20FN3O.BrH/c21-16-4-1-13-8-24(9-14(13)7-16)18(25)23-17-5-2-15(3-6-17)19-10-20(22,11-19)12-19;/h1-7H,8-12,22H2,(H,23,25);1H. The number of hydrogen-bond donors (Lipinski definition) is 2. The molecule has 3 aliphatic carbocycles. The monoisotopic (exact) mass is 417 g/mol. The molecule has 4 nitrogen and oxygen atoms in total. The van der Waals surface area contributed by atoms with Crippen LogP contribution in [-0.2, 0) is 18.5 Å². The van der Waals surface area contributed by atoms with E-state index >= 15 is 0 Å². The molecular weight excluding hydrogens is 397 g/mol. The van der Waals surface area contributed by atoms with Gasteiger partial charge in [-0.05, 0) is 60.2 Å². The SMILES string of the molecule is Br.NC12CC(c3ccc(NC(=O)N4Cc5ccc(F)cc5C4)cc3)(C1)C2. The lowest BCUT2D eigenvalue weighted by atomic mass is 9.38. The van der Waals surface area contributed by atoms with E-state index in [-0.39, 0.29) is 39.8 Å². The Morgan fingerprint density at radius 1 is 1.04 bits per heavy atom. The molecule has 0 spiro atoms. The second kappa shape index (κ2) is 5.79. The van der Waals surface area contributed by atoms with Gasteiger partial charge in [0.15, 0.2) is 0 Å². The molecule has 2 amide bonds. The van der Waals surface area contributed by atoms with E-state index in [0.717, 1.165) is 36.1 Å². The van der Waals surface area contributed by atoms with Crippen molar-refractivity contribution in [2.75, 3.05) is 5.32 Å². The summed E-state index contributed by atoms with van der Waals surface area (Å²) >= 11 is 0. The second-order valence-corrected chi connectivity index (χ2v) is 7.95. The Labute approximate surface area is 162 Å². The van der Waals surface area contributed by atoms with Gasteiger partial charge in [0, 0.05) is 29.7 Å². The Hall–Kier alpha value is -1.92. The number of halogens is 2. The van der Waals surface area contributed by atoms with Crippen molar-refractivity contribution in [3.05, 3.63) is 65.0 Å². The van der Waals surface area contributed by atoms with Crippen molar-refractivity contribution in [2.24, 2.45) is 5.73 Å². The van der Waals surface area contributed by atoms with E-state index in [9.17, 15) is 9.18 Å². The Morgan fingerprint density at radius 3 is 2.35 bits per heavy atom. The first-order valence-corrected chi connectivity index (χ1v) is 8.68. The molecule has 2 aromatic carbocycles. The number of nitrogens with one attached hydrogen (secondary N) is 1. The predicted octanol–water partition coefficient (Wildman–Crippen LogP) is 4.08. The molecule has 6 heteroatoms. The number of hydrogen-bond acceptors (Lipinski definition) is 2. The van der Waals surface area contributed by atoms with Crippen LogP contribution in [0.3, 0.4) is 0 Å². The van der Waals surface area contributed by atoms with Crippen molar-refractivity contribution in [1.29, 1.82) is 0 Å². The molecule has 3 saturated carbocycles. The summed E-state index contributed by atoms with van der Waals surface area (Å²) in [5.41, 5.74) is 10.5. The maximum absolute atomic E-state index is 13.3. The maximum atomic E-state index is 13.3. The topological polar surface area (TPSA) is 58.4 Å². The molecule has 6 rings (SSSR count). The highest BCUT2D eigenvalue weighted by Gasteiger charge is 2.66. The first-order valence-electron chi connectivity index (χ1n) is 8.68. The molecule has 0 unspecified atom stereocenters. The molecule has 2 bridgehead atoms. The number of amides is 2. The third-order valence-corrected chi connectivity index (χ3v) is 6.00. The van der Waals surface area contributed by atoms with Crippen molar-refractivity contribution in [3.8, 4) is 0 Å². The number of urea groups is 1. The van der Waals surface area contributed by atoms with Crippen molar-refractivity contribution in [2.45, 2.75) is 43.3 Å². The number of fused-ring (bicyclic) bond motifs is 1. The van der Waals surface area contributed by atoms with Crippen molar-refractivity contribution < 1.29 is 9.18 Å². The summed E-state index contributed by atoms with van der Waals surface area (Å²) in [5, 5.41) is 2.94. The third-order valence-electron chi connectivity index (χ3n) is 6.00. The fraction of sp³-hybridized carbons (Fsp3) is 0.350. The van der Waals surface area contributed by atoms with E-state index in [1.807, 2.05) is 12.1 Å². The molecule has 4 aliphatic rings. The fourth-order valence-electron chi connectivity index (χ4n) is 4.79. The van der Waals surface area contributed by atoms with Gasteiger partial charge < -0.3 is 16.0 Å². The van der Waals surface area contributed by atoms with E-state index in [4.69, 9.17) is 5.73 Å². The van der Waals surface area contributed by atoms with Crippen LogP contribution in [0.15, 0.2) is 42.5 Å². The van der Waals surface area contributed by atoms with E-state index in [1.54, 1.807) is 11.0 Å². The average Bonchev–Trinajstić information content (AvgIpc) is 2.95. The lowest BCUT2D eigenvalue weighted by Crippen LogP contribution is -2.74. The highest BCUT2D eigenvalue weighted by molar-refractivity contribution is 8.93. The van der Waals surface area contributed by atoms with Crippen LogP contribution in [0.1, 0.15) is 36.0 Å². The molecule has 0 aromatic heterocycles. The highest BCUT2D eigenvalue weighted by Crippen LogP contribution is 2.66. The summed E-state index contributed by atoms with van der Waals surface area (Å²) in [6.07, 6.45) is 3.23. The van der Waals surface area contributed by atoms with Gasteiger partial charge >= 0.3 is 6.03 Å². The van der Waals surface area contributed by atoms with Gasteiger partial charge in [-0.15, -0.1) is 17.0 Å². The van der Waals surface area contributed by atoms with Gasteiger partial charge in [-0.25, -0.2) is 9.18 Å². The smallest absolute Gasteiger partial charge is 0.322 e. The normalized spacial score (nSPS) is 27.7. The van der Waals surface area contributed by atoms with Gasteiger partial charge in [0.25, 0.3) is 0 Å². The van der Waals surface area contributed by atoms with Crippen LogP contribution in [-0.4, -0.2) is 16.5 Å². The summed E-state index contributed by atoms with van der Waals surface area (Å²) in [6.45, 7) is 0.958. The summed E-state index contributed by atoms with van der Waals surface area (Å²) in [5.74, 6) is -0.260. The zero-order valence-corrected chi connectivity index (χ0v) is 16.0. The van der Waals surface area contributed by atoms with E-state index < -0.39 is 0 Å². The first kappa shape index (κ1) is 17.5. The molecule has 0 atom stereocenters. The lowest BCUT2D eigenvalue weighted by Gasteiger charge is -2.69. The number of nitrogens with two attached hydrogens (primary N) is 1. The van der Waals surface area contributed by atoms with Gasteiger partial charge in [-0.3, -0.25) is 0 Å². The van der Waals surface area contributed by atoms with Crippen LogP contribution in [0.4, 0.5) is 14.9 Å². The zero-order valence-electron chi connectivity index (χ0n) is 14.3. The number of anilines is 1. The van der Waals surface area contributed by atoms with Gasteiger partial charge in [-0.1, -0.05) is 18.2 Å². The Kier molecular flexibility index (Phi) is 3.90. The van der Waals surface area contributed by atoms with E-state index in [2.05, 4.69) is 17.4 Å². The Bertz CT molecular complexity index is 863. The van der Waals surface area contributed by atoms with Crippen molar-refractivity contribution in [3.63, 3.8) is 0 Å². The zero-order chi connectivity index (χ0) is 17.2. The summed E-state index contributed by atoms with van der Waals surface area (Å²) in [6, 6.07) is 12.7. The highest BCUT2D eigenvalue weighted by atomic mass is 79.9. The number of carbonyl (C=O) groups excluding carboxylic acids is 1. The first-order chi connectivity index (χ1) is 11.9. The quantitative estimate of drug-likeness (QED) is 0.772. The Balaban J connectivity index is 0.00000168. The Morgan fingerprint density at radius 2 is 1.69 bits per heavy atom. The third kappa shape index (κ3) is 2.63.